The maximum atomic E-state index is 13.0. The number of amides is 2. The van der Waals surface area contributed by atoms with Gasteiger partial charge in [0.05, 0.1) is 18.4 Å². The van der Waals surface area contributed by atoms with E-state index >= 15 is 0 Å². The molecule has 2 amide bonds. The maximum absolute atomic E-state index is 13.0. The van der Waals surface area contributed by atoms with Gasteiger partial charge in [-0.05, 0) is 36.2 Å². The van der Waals surface area contributed by atoms with Gasteiger partial charge in [-0.3, -0.25) is 9.59 Å². The lowest BCUT2D eigenvalue weighted by Crippen LogP contribution is -2.41. The van der Waals surface area contributed by atoms with E-state index in [0.717, 1.165) is 19.4 Å². The van der Waals surface area contributed by atoms with E-state index in [9.17, 15) is 9.59 Å². The Morgan fingerprint density at radius 3 is 2.74 bits per heavy atom. The summed E-state index contributed by atoms with van der Waals surface area (Å²) >= 11 is 0. The van der Waals surface area contributed by atoms with E-state index in [2.05, 4.69) is 25.7 Å². The largest absolute Gasteiger partial charge is 0.472 e. The number of methoxy groups -OCH3 is 1. The third-order valence-corrected chi connectivity index (χ3v) is 5.95. The highest BCUT2D eigenvalue weighted by Crippen LogP contribution is 2.52. The Balaban J connectivity index is 1.62. The van der Waals surface area contributed by atoms with Crippen LogP contribution in [0.15, 0.2) is 23.0 Å². The van der Waals surface area contributed by atoms with Crippen molar-refractivity contribution in [2.75, 3.05) is 33.4 Å². The minimum Gasteiger partial charge on any atom is -0.472 e. The van der Waals surface area contributed by atoms with Crippen LogP contribution in [0.3, 0.4) is 0 Å². The molecule has 2 fully saturated rings. The first-order valence-electron chi connectivity index (χ1n) is 9.83. The second-order valence-corrected chi connectivity index (χ2v) is 9.28. The molecule has 2 unspecified atom stereocenters. The molecule has 6 nitrogen and oxygen atoms in total. The summed E-state index contributed by atoms with van der Waals surface area (Å²) in [6.07, 6.45) is 6.61. The van der Waals surface area contributed by atoms with Crippen LogP contribution in [-0.2, 0) is 9.53 Å². The van der Waals surface area contributed by atoms with Crippen molar-refractivity contribution >= 4 is 11.8 Å². The molecule has 0 N–H and O–H groups in total. The quantitative estimate of drug-likeness (QED) is 0.733. The number of fused-ring (bicyclic) bond motifs is 2. The molecule has 1 aliphatic heterocycles. The molecule has 6 heteroatoms. The van der Waals surface area contributed by atoms with Gasteiger partial charge in [-0.15, -0.1) is 0 Å². The Hall–Kier alpha value is -1.82. The van der Waals surface area contributed by atoms with E-state index in [1.807, 2.05) is 0 Å². The lowest BCUT2D eigenvalue weighted by molar-refractivity contribution is -0.132. The number of carbonyl (C=O) groups is 2. The smallest absolute Gasteiger partial charge is 0.257 e. The fourth-order valence-electron chi connectivity index (χ4n) is 5.21. The summed E-state index contributed by atoms with van der Waals surface area (Å²) in [6.45, 7) is 9.06. The van der Waals surface area contributed by atoms with Gasteiger partial charge in [-0.25, -0.2) is 0 Å². The van der Waals surface area contributed by atoms with Crippen molar-refractivity contribution in [1.82, 2.24) is 9.80 Å². The molecule has 2 bridgehead atoms. The fourth-order valence-corrected chi connectivity index (χ4v) is 5.21. The van der Waals surface area contributed by atoms with Crippen LogP contribution >= 0.6 is 0 Å². The number of hydrogen-bond donors (Lipinski definition) is 0. The van der Waals surface area contributed by atoms with Crippen molar-refractivity contribution in [3.05, 3.63) is 24.2 Å². The number of hydrogen-bond acceptors (Lipinski definition) is 4. The summed E-state index contributed by atoms with van der Waals surface area (Å²) in [5.74, 6) is 0.0331. The monoisotopic (exact) mass is 376 g/mol. The molecule has 1 aromatic heterocycles. The van der Waals surface area contributed by atoms with Gasteiger partial charge in [-0.2, -0.15) is 0 Å². The SMILES string of the molecule is COCCN(CCC(=O)N1CC2(C)CC1CC(C)(C)C2)C(=O)c1ccoc1. The fraction of sp³-hybridized carbons (Fsp3) is 0.714. The van der Waals surface area contributed by atoms with Crippen LogP contribution in [0.4, 0.5) is 0 Å². The Morgan fingerprint density at radius 1 is 1.30 bits per heavy atom. The molecule has 1 aliphatic carbocycles. The van der Waals surface area contributed by atoms with Crippen molar-refractivity contribution in [1.29, 1.82) is 0 Å². The highest BCUT2D eigenvalue weighted by Gasteiger charge is 2.50. The van der Waals surface area contributed by atoms with Crippen LogP contribution in [0.1, 0.15) is 56.8 Å². The predicted molar refractivity (Wildman–Crippen MR) is 102 cm³/mol. The third-order valence-electron chi connectivity index (χ3n) is 5.95. The number of ether oxygens (including phenoxy) is 1. The van der Waals surface area contributed by atoms with Crippen LogP contribution in [-0.4, -0.2) is 61.0 Å². The highest BCUT2D eigenvalue weighted by atomic mass is 16.5. The Morgan fingerprint density at radius 2 is 2.07 bits per heavy atom. The lowest BCUT2D eigenvalue weighted by atomic mass is 9.65. The van der Waals surface area contributed by atoms with E-state index in [4.69, 9.17) is 9.15 Å². The summed E-state index contributed by atoms with van der Waals surface area (Å²) in [6, 6.07) is 1.99. The average Bonchev–Trinajstić information content (AvgIpc) is 3.19. The highest BCUT2D eigenvalue weighted by molar-refractivity contribution is 5.94. The van der Waals surface area contributed by atoms with Gasteiger partial charge in [0.1, 0.15) is 6.26 Å². The van der Waals surface area contributed by atoms with Crippen molar-refractivity contribution in [3.8, 4) is 0 Å². The average molecular weight is 376 g/mol. The molecule has 0 radical (unpaired) electrons. The van der Waals surface area contributed by atoms with Gasteiger partial charge in [-0.1, -0.05) is 20.8 Å². The maximum Gasteiger partial charge on any atom is 0.257 e. The summed E-state index contributed by atoms with van der Waals surface area (Å²) in [5.41, 5.74) is 1.02. The molecule has 1 aromatic rings. The number of rotatable bonds is 7. The van der Waals surface area contributed by atoms with E-state index in [1.54, 1.807) is 18.1 Å². The van der Waals surface area contributed by atoms with Gasteiger partial charge < -0.3 is 19.0 Å². The second kappa shape index (κ2) is 7.66. The van der Waals surface area contributed by atoms with Gasteiger partial charge in [0, 0.05) is 39.2 Å². The molecule has 2 heterocycles. The zero-order chi connectivity index (χ0) is 19.7. The molecule has 2 atom stereocenters. The summed E-state index contributed by atoms with van der Waals surface area (Å²) < 4.78 is 10.1. The molecule has 2 aliphatic rings. The third kappa shape index (κ3) is 4.54. The molecular formula is C21H32N2O4. The molecule has 3 rings (SSSR count). The minimum absolute atomic E-state index is 0.123. The van der Waals surface area contributed by atoms with Crippen LogP contribution in [0, 0.1) is 10.8 Å². The molecule has 0 spiro atoms. The molecule has 27 heavy (non-hydrogen) atoms. The first-order chi connectivity index (χ1) is 12.7. The first kappa shape index (κ1) is 19.9. The standard InChI is InChI=1S/C21H32N2O4/c1-20(2)11-17-12-21(3,14-20)15-23(17)18(24)5-7-22(8-10-26-4)19(25)16-6-9-27-13-16/h6,9,13,17H,5,7-8,10-12,14-15H2,1-4H3. The van der Waals surface area contributed by atoms with Crippen molar-refractivity contribution in [2.45, 2.75) is 52.5 Å². The molecule has 1 saturated heterocycles. The van der Waals surface area contributed by atoms with Crippen molar-refractivity contribution in [3.63, 3.8) is 0 Å². The summed E-state index contributed by atoms with van der Waals surface area (Å²) in [5, 5.41) is 0. The number of furan rings is 1. The Kier molecular flexibility index (Phi) is 5.65. The zero-order valence-corrected chi connectivity index (χ0v) is 17.0. The van der Waals surface area contributed by atoms with Crippen LogP contribution in [0.25, 0.3) is 0 Å². The molecule has 1 saturated carbocycles. The minimum atomic E-state index is -0.123. The molecule has 0 aromatic carbocycles. The molecular weight excluding hydrogens is 344 g/mol. The Bertz CT molecular complexity index is 670. The van der Waals surface area contributed by atoms with E-state index < -0.39 is 0 Å². The van der Waals surface area contributed by atoms with Gasteiger partial charge in [0.2, 0.25) is 5.91 Å². The first-order valence-corrected chi connectivity index (χ1v) is 9.83. The number of nitrogens with zero attached hydrogens (tertiary/aromatic N) is 2. The van der Waals surface area contributed by atoms with E-state index in [-0.39, 0.29) is 22.6 Å². The predicted octanol–water partition coefficient (Wildman–Crippen LogP) is 3.19. The van der Waals surface area contributed by atoms with Gasteiger partial charge >= 0.3 is 0 Å². The number of likely N-dealkylation sites (tertiary alicyclic amines) is 1. The van der Waals surface area contributed by atoms with Crippen molar-refractivity contribution in [2.24, 2.45) is 10.8 Å². The van der Waals surface area contributed by atoms with Crippen LogP contribution in [0.5, 0.6) is 0 Å². The zero-order valence-electron chi connectivity index (χ0n) is 17.0. The summed E-state index contributed by atoms with van der Waals surface area (Å²) in [4.78, 5) is 29.4. The van der Waals surface area contributed by atoms with E-state index in [1.165, 1.54) is 18.9 Å². The van der Waals surface area contributed by atoms with Crippen LogP contribution < -0.4 is 0 Å². The van der Waals surface area contributed by atoms with Gasteiger partial charge in [0.15, 0.2) is 0 Å². The molecule has 150 valence electrons. The summed E-state index contributed by atoms with van der Waals surface area (Å²) in [7, 11) is 1.61. The van der Waals surface area contributed by atoms with E-state index in [0.29, 0.717) is 37.7 Å². The van der Waals surface area contributed by atoms with Crippen LogP contribution in [0.2, 0.25) is 0 Å². The van der Waals surface area contributed by atoms with Crippen molar-refractivity contribution < 1.29 is 18.7 Å². The topological polar surface area (TPSA) is 63.0 Å². The normalized spacial score (nSPS) is 26.2. The lowest BCUT2D eigenvalue weighted by Gasteiger charge is -2.39. The second-order valence-electron chi connectivity index (χ2n) is 9.28. The Labute approximate surface area is 161 Å². The van der Waals surface area contributed by atoms with Gasteiger partial charge in [0.25, 0.3) is 5.91 Å². The number of carbonyl (C=O) groups excluding carboxylic acids is 2.